The molecule has 6 heteroatoms. The van der Waals surface area contributed by atoms with Crippen LogP contribution >= 0.6 is 0 Å². The molecule has 0 saturated carbocycles. The summed E-state index contributed by atoms with van der Waals surface area (Å²) in [6.45, 7) is 4.04. The molecule has 0 aliphatic rings. The van der Waals surface area contributed by atoms with Gasteiger partial charge in [-0.25, -0.2) is 0 Å². The van der Waals surface area contributed by atoms with E-state index in [0.717, 1.165) is 22.6 Å². The maximum Gasteiger partial charge on any atom is 0.235 e. The summed E-state index contributed by atoms with van der Waals surface area (Å²) in [6, 6.07) is 15.1. The van der Waals surface area contributed by atoms with Gasteiger partial charge in [-0.3, -0.25) is 9.59 Å². The van der Waals surface area contributed by atoms with Gasteiger partial charge < -0.3 is 20.1 Å². The minimum absolute atomic E-state index is 0.303. The molecule has 0 spiro atoms. The van der Waals surface area contributed by atoms with Crippen molar-refractivity contribution in [3.05, 3.63) is 59.7 Å². The number of ether oxygens (including phenoxy) is 2. The van der Waals surface area contributed by atoms with Crippen LogP contribution in [0.15, 0.2) is 48.5 Å². The van der Waals surface area contributed by atoms with Crippen LogP contribution in [0.2, 0.25) is 0 Å². The third kappa shape index (κ3) is 5.74. The molecule has 2 rings (SSSR count). The van der Waals surface area contributed by atoms with E-state index in [1.807, 2.05) is 48.5 Å². The first-order chi connectivity index (χ1) is 13.4. The summed E-state index contributed by atoms with van der Waals surface area (Å²) in [5, 5.41) is 5.67. The molecule has 2 aromatic carbocycles. The lowest BCUT2D eigenvalue weighted by Gasteiger charge is -2.23. The Kier molecular flexibility index (Phi) is 7.44. The molecule has 150 valence electrons. The van der Waals surface area contributed by atoms with Crippen LogP contribution in [-0.4, -0.2) is 32.6 Å². The van der Waals surface area contributed by atoms with E-state index in [9.17, 15) is 9.59 Å². The number of nitrogens with one attached hydrogen (secondary N) is 2. The first kappa shape index (κ1) is 21.3. The Labute approximate surface area is 166 Å². The molecule has 0 saturated heterocycles. The highest BCUT2D eigenvalue weighted by atomic mass is 16.5. The van der Waals surface area contributed by atoms with E-state index in [1.165, 1.54) is 0 Å². The first-order valence-electron chi connectivity index (χ1n) is 9.19. The topological polar surface area (TPSA) is 76.7 Å². The van der Waals surface area contributed by atoms with Crippen molar-refractivity contribution in [1.82, 2.24) is 10.6 Å². The fourth-order valence-electron chi connectivity index (χ4n) is 2.62. The summed E-state index contributed by atoms with van der Waals surface area (Å²) < 4.78 is 10.3. The maximum absolute atomic E-state index is 12.5. The van der Waals surface area contributed by atoms with Crippen LogP contribution in [0, 0.1) is 5.41 Å². The van der Waals surface area contributed by atoms with Gasteiger partial charge in [-0.2, -0.15) is 0 Å². The van der Waals surface area contributed by atoms with Gasteiger partial charge in [-0.05, 0) is 55.7 Å². The van der Waals surface area contributed by atoms with Crippen molar-refractivity contribution in [2.75, 3.05) is 20.8 Å². The third-order valence-electron chi connectivity index (χ3n) is 4.58. The van der Waals surface area contributed by atoms with Crippen molar-refractivity contribution in [3.63, 3.8) is 0 Å². The molecule has 0 aliphatic carbocycles. The number of rotatable bonds is 9. The van der Waals surface area contributed by atoms with Crippen LogP contribution in [0.1, 0.15) is 25.0 Å². The molecule has 0 fully saturated rings. The molecular formula is C22H28N2O4. The van der Waals surface area contributed by atoms with E-state index in [4.69, 9.17) is 9.47 Å². The fraction of sp³-hybridized carbons (Fsp3) is 0.364. The van der Waals surface area contributed by atoms with Crippen LogP contribution in [-0.2, 0) is 22.6 Å². The van der Waals surface area contributed by atoms with Crippen LogP contribution in [0.3, 0.4) is 0 Å². The number of amides is 2. The summed E-state index contributed by atoms with van der Waals surface area (Å²) in [4.78, 5) is 25.0. The zero-order valence-corrected chi connectivity index (χ0v) is 16.9. The van der Waals surface area contributed by atoms with E-state index in [0.29, 0.717) is 19.5 Å². The van der Waals surface area contributed by atoms with Gasteiger partial charge in [0.05, 0.1) is 14.2 Å². The van der Waals surface area contributed by atoms with Gasteiger partial charge in [0, 0.05) is 13.1 Å². The molecular weight excluding hydrogens is 356 g/mol. The highest BCUT2D eigenvalue weighted by Crippen LogP contribution is 2.17. The van der Waals surface area contributed by atoms with Crippen molar-refractivity contribution in [3.8, 4) is 11.5 Å². The summed E-state index contributed by atoms with van der Waals surface area (Å²) >= 11 is 0. The van der Waals surface area contributed by atoms with E-state index >= 15 is 0 Å². The quantitative estimate of drug-likeness (QED) is 0.652. The number of methoxy groups -OCH3 is 2. The average molecular weight is 384 g/mol. The number of hydrogen-bond donors (Lipinski definition) is 2. The molecule has 2 amide bonds. The lowest BCUT2D eigenvalue weighted by Crippen LogP contribution is -2.48. The average Bonchev–Trinajstić information content (AvgIpc) is 2.72. The van der Waals surface area contributed by atoms with Gasteiger partial charge in [0.2, 0.25) is 11.8 Å². The Morgan fingerprint density at radius 2 is 1.50 bits per heavy atom. The van der Waals surface area contributed by atoms with Crippen molar-refractivity contribution in [2.24, 2.45) is 5.41 Å². The summed E-state index contributed by atoms with van der Waals surface area (Å²) in [5.41, 5.74) is 0.825. The molecule has 0 aliphatic heterocycles. The summed E-state index contributed by atoms with van der Waals surface area (Å²) in [7, 11) is 3.22. The summed E-state index contributed by atoms with van der Waals surface area (Å²) in [6.07, 6.45) is 0.659. The molecule has 2 aromatic rings. The van der Waals surface area contributed by atoms with Crippen molar-refractivity contribution in [2.45, 2.75) is 26.8 Å². The second-order valence-corrected chi connectivity index (χ2v) is 7.01. The second kappa shape index (κ2) is 9.78. The van der Waals surface area contributed by atoms with Crippen LogP contribution < -0.4 is 20.1 Å². The van der Waals surface area contributed by atoms with Crippen molar-refractivity contribution in [1.29, 1.82) is 0 Å². The predicted molar refractivity (Wildman–Crippen MR) is 108 cm³/mol. The lowest BCUT2D eigenvalue weighted by atomic mass is 9.91. The van der Waals surface area contributed by atoms with Gasteiger partial charge in [0.1, 0.15) is 16.9 Å². The van der Waals surface area contributed by atoms with Gasteiger partial charge in [0.25, 0.3) is 0 Å². The Bertz CT molecular complexity index is 800. The molecule has 6 nitrogen and oxygen atoms in total. The highest BCUT2D eigenvalue weighted by molar-refractivity contribution is 6.04. The normalized spacial score (nSPS) is 10.9. The van der Waals surface area contributed by atoms with Crippen molar-refractivity contribution >= 4 is 11.8 Å². The fourth-order valence-corrected chi connectivity index (χ4v) is 2.62. The molecule has 2 N–H and O–H groups in total. The SMILES string of the molecule is COc1ccc(CNC(=O)C(C)(C)C(=O)NCCc2cccc(OC)c2)cc1. The Balaban J connectivity index is 1.83. The predicted octanol–water partition coefficient (Wildman–Crippen LogP) is 2.71. The van der Waals surface area contributed by atoms with Gasteiger partial charge in [-0.1, -0.05) is 24.3 Å². The zero-order valence-electron chi connectivity index (χ0n) is 16.9. The lowest BCUT2D eigenvalue weighted by molar-refractivity contribution is -0.141. The van der Waals surface area contributed by atoms with Crippen LogP contribution in [0.4, 0.5) is 0 Å². The molecule has 0 aromatic heterocycles. The second-order valence-electron chi connectivity index (χ2n) is 7.01. The van der Waals surface area contributed by atoms with E-state index in [1.54, 1.807) is 28.1 Å². The third-order valence-corrected chi connectivity index (χ3v) is 4.58. The number of hydrogen-bond acceptors (Lipinski definition) is 4. The highest BCUT2D eigenvalue weighted by Gasteiger charge is 2.35. The van der Waals surface area contributed by atoms with Gasteiger partial charge >= 0.3 is 0 Å². The Morgan fingerprint density at radius 1 is 0.857 bits per heavy atom. The zero-order chi connectivity index (χ0) is 20.6. The molecule has 0 bridgehead atoms. The summed E-state index contributed by atoms with van der Waals surface area (Å²) in [5.74, 6) is 0.915. The van der Waals surface area contributed by atoms with E-state index in [2.05, 4.69) is 10.6 Å². The molecule has 0 heterocycles. The van der Waals surface area contributed by atoms with Crippen LogP contribution in [0.5, 0.6) is 11.5 Å². The monoisotopic (exact) mass is 384 g/mol. The molecule has 0 atom stereocenters. The minimum Gasteiger partial charge on any atom is -0.497 e. The maximum atomic E-state index is 12.5. The van der Waals surface area contributed by atoms with E-state index in [-0.39, 0.29) is 11.8 Å². The Morgan fingerprint density at radius 3 is 2.14 bits per heavy atom. The number of benzene rings is 2. The van der Waals surface area contributed by atoms with Gasteiger partial charge in [-0.15, -0.1) is 0 Å². The van der Waals surface area contributed by atoms with Crippen molar-refractivity contribution < 1.29 is 19.1 Å². The van der Waals surface area contributed by atoms with Crippen LogP contribution in [0.25, 0.3) is 0 Å². The largest absolute Gasteiger partial charge is 0.497 e. The minimum atomic E-state index is -1.17. The van der Waals surface area contributed by atoms with E-state index < -0.39 is 5.41 Å². The number of carbonyl (C=O) groups is 2. The Hall–Kier alpha value is -3.02. The molecule has 28 heavy (non-hydrogen) atoms. The van der Waals surface area contributed by atoms with Gasteiger partial charge in [0.15, 0.2) is 0 Å². The first-order valence-corrected chi connectivity index (χ1v) is 9.19. The number of carbonyl (C=O) groups excluding carboxylic acids is 2. The molecule has 0 radical (unpaired) electrons. The molecule has 0 unspecified atom stereocenters. The smallest absolute Gasteiger partial charge is 0.235 e. The standard InChI is InChI=1S/C22H28N2O4/c1-22(2,21(26)24-15-17-8-10-18(27-3)11-9-17)20(25)23-13-12-16-6-5-7-19(14-16)28-4/h5-11,14H,12-13,15H2,1-4H3,(H,23,25)(H,24,26).